The molecule has 2 N–H and O–H groups in total. The van der Waals surface area contributed by atoms with Crippen molar-refractivity contribution < 1.29 is 23.1 Å². The van der Waals surface area contributed by atoms with E-state index in [-0.39, 0.29) is 28.0 Å². The zero-order valence-electron chi connectivity index (χ0n) is 11.3. The van der Waals surface area contributed by atoms with E-state index in [0.29, 0.717) is 0 Å². The van der Waals surface area contributed by atoms with E-state index in [0.717, 1.165) is 6.26 Å². The van der Waals surface area contributed by atoms with Crippen molar-refractivity contribution in [2.24, 2.45) is 7.05 Å². The molecule has 1 amide bonds. The van der Waals surface area contributed by atoms with E-state index in [4.69, 9.17) is 28.3 Å². The molecular formula is C11H14Cl2N2O5S. The molecule has 0 saturated heterocycles. The van der Waals surface area contributed by atoms with Crippen LogP contribution in [0.5, 0.6) is 0 Å². The summed E-state index contributed by atoms with van der Waals surface area (Å²) in [5, 5.41) is 11.6. The van der Waals surface area contributed by atoms with Crippen LogP contribution in [0.3, 0.4) is 0 Å². The normalized spacial score (nSPS) is 13.0. The molecule has 1 heterocycles. The predicted octanol–water partition coefficient (Wildman–Crippen LogP) is 0.950. The number of amides is 1. The number of aliphatic carboxylic acids is 1. The maximum absolute atomic E-state index is 12.0. The number of carboxylic acid groups (broad SMARTS) is 1. The summed E-state index contributed by atoms with van der Waals surface area (Å²) in [6.07, 6.45) is 0.760. The third-order valence-corrected chi connectivity index (χ3v) is 4.55. The Labute approximate surface area is 131 Å². The summed E-state index contributed by atoms with van der Waals surface area (Å²) in [5.41, 5.74) is 0.0793. The number of rotatable bonds is 6. The zero-order chi connectivity index (χ0) is 16.4. The molecule has 0 spiro atoms. The monoisotopic (exact) mass is 356 g/mol. The standard InChI is InChI=1S/C11H14Cl2N2O5S/c1-15-8(5-6(12)9(15)13)10(16)14-7(11(17)18)3-4-21(2,19)20/h5,7H,3-4H2,1-2H3,(H,14,16)(H,17,18). The molecule has 0 aliphatic carbocycles. The van der Waals surface area contributed by atoms with Gasteiger partial charge in [-0.2, -0.15) is 0 Å². The molecule has 7 nitrogen and oxygen atoms in total. The highest BCUT2D eigenvalue weighted by Crippen LogP contribution is 2.25. The summed E-state index contributed by atoms with van der Waals surface area (Å²) in [6, 6.07) is -0.0195. The number of hydrogen-bond donors (Lipinski definition) is 2. The molecule has 1 aromatic rings. The fourth-order valence-corrected chi connectivity index (χ4v) is 2.62. The van der Waals surface area contributed by atoms with Gasteiger partial charge in [0, 0.05) is 13.3 Å². The van der Waals surface area contributed by atoms with Crippen LogP contribution in [0.4, 0.5) is 0 Å². The van der Waals surface area contributed by atoms with E-state index < -0.39 is 27.8 Å². The molecule has 1 unspecified atom stereocenters. The lowest BCUT2D eigenvalue weighted by molar-refractivity contribution is -0.139. The third-order valence-electron chi connectivity index (χ3n) is 2.73. The Hall–Kier alpha value is -1.25. The van der Waals surface area contributed by atoms with Gasteiger partial charge < -0.3 is 15.0 Å². The van der Waals surface area contributed by atoms with Crippen molar-refractivity contribution in [3.63, 3.8) is 0 Å². The highest BCUT2D eigenvalue weighted by Gasteiger charge is 2.24. The molecule has 118 valence electrons. The number of hydrogen-bond acceptors (Lipinski definition) is 4. The van der Waals surface area contributed by atoms with Crippen LogP contribution >= 0.6 is 23.2 Å². The minimum Gasteiger partial charge on any atom is -0.480 e. The van der Waals surface area contributed by atoms with Crippen molar-refractivity contribution in [3.05, 3.63) is 21.9 Å². The van der Waals surface area contributed by atoms with Gasteiger partial charge in [-0.05, 0) is 12.5 Å². The topological polar surface area (TPSA) is 105 Å². The van der Waals surface area contributed by atoms with Crippen molar-refractivity contribution in [2.75, 3.05) is 12.0 Å². The van der Waals surface area contributed by atoms with Crippen LogP contribution in [-0.4, -0.2) is 48.0 Å². The molecule has 1 atom stereocenters. The highest BCUT2D eigenvalue weighted by atomic mass is 35.5. The van der Waals surface area contributed by atoms with Crippen LogP contribution in [0.15, 0.2) is 6.07 Å². The molecule has 0 aromatic carbocycles. The number of sulfone groups is 1. The van der Waals surface area contributed by atoms with Gasteiger partial charge in [0.1, 0.15) is 26.7 Å². The molecule has 0 fully saturated rings. The van der Waals surface area contributed by atoms with Crippen LogP contribution in [0.2, 0.25) is 10.2 Å². The van der Waals surface area contributed by atoms with Crippen LogP contribution in [-0.2, 0) is 21.7 Å². The minimum atomic E-state index is -3.33. The molecule has 0 saturated carbocycles. The first-order chi connectivity index (χ1) is 9.53. The van der Waals surface area contributed by atoms with E-state index in [2.05, 4.69) is 5.32 Å². The molecule has 0 aliphatic heterocycles. The molecule has 21 heavy (non-hydrogen) atoms. The van der Waals surface area contributed by atoms with Crippen molar-refractivity contribution in [2.45, 2.75) is 12.5 Å². The van der Waals surface area contributed by atoms with Crippen molar-refractivity contribution in [1.82, 2.24) is 9.88 Å². The van der Waals surface area contributed by atoms with Crippen molar-refractivity contribution >= 4 is 44.9 Å². The second-order valence-corrected chi connectivity index (χ2v) is 7.54. The van der Waals surface area contributed by atoms with Crippen molar-refractivity contribution in [1.29, 1.82) is 0 Å². The Morgan fingerprint density at radius 1 is 1.43 bits per heavy atom. The Balaban J connectivity index is 2.86. The van der Waals surface area contributed by atoms with Gasteiger partial charge in [-0.15, -0.1) is 0 Å². The first kappa shape index (κ1) is 17.8. The van der Waals surface area contributed by atoms with E-state index >= 15 is 0 Å². The van der Waals surface area contributed by atoms with Crippen LogP contribution < -0.4 is 5.32 Å². The second-order valence-electron chi connectivity index (χ2n) is 4.51. The number of halogens is 2. The average molecular weight is 357 g/mol. The molecule has 0 aliphatic rings. The van der Waals surface area contributed by atoms with Gasteiger partial charge in [0.15, 0.2) is 0 Å². The summed E-state index contributed by atoms with van der Waals surface area (Å²) >= 11 is 11.6. The van der Waals surface area contributed by atoms with Crippen LogP contribution in [0.1, 0.15) is 16.9 Å². The molecule has 10 heteroatoms. The lowest BCUT2D eigenvalue weighted by Crippen LogP contribution is -2.42. The van der Waals surface area contributed by atoms with Gasteiger partial charge in [0.05, 0.1) is 10.8 Å². The van der Waals surface area contributed by atoms with Crippen LogP contribution in [0, 0.1) is 0 Å². The summed E-state index contributed by atoms with van der Waals surface area (Å²) in [7, 11) is -1.83. The van der Waals surface area contributed by atoms with Gasteiger partial charge >= 0.3 is 5.97 Å². The number of carbonyl (C=O) groups excluding carboxylic acids is 1. The predicted molar refractivity (Wildman–Crippen MR) is 78.7 cm³/mol. The molecule has 1 aromatic heterocycles. The summed E-state index contributed by atoms with van der Waals surface area (Å²) in [4.78, 5) is 23.1. The Morgan fingerprint density at radius 2 is 2.00 bits per heavy atom. The van der Waals surface area contributed by atoms with Gasteiger partial charge in [-0.3, -0.25) is 4.79 Å². The minimum absolute atomic E-state index is 0.0793. The summed E-state index contributed by atoms with van der Waals surface area (Å²) in [6.45, 7) is 0. The van der Waals surface area contributed by atoms with E-state index in [1.807, 2.05) is 0 Å². The maximum atomic E-state index is 12.0. The molecule has 0 radical (unpaired) electrons. The zero-order valence-corrected chi connectivity index (χ0v) is 13.6. The lowest BCUT2D eigenvalue weighted by Gasteiger charge is -2.14. The Kier molecular flexibility index (Phi) is 5.66. The van der Waals surface area contributed by atoms with Gasteiger partial charge in [-0.1, -0.05) is 23.2 Å². The lowest BCUT2D eigenvalue weighted by atomic mass is 10.2. The fourth-order valence-electron chi connectivity index (χ4n) is 1.58. The fraction of sp³-hybridized carbons (Fsp3) is 0.455. The van der Waals surface area contributed by atoms with E-state index in [9.17, 15) is 18.0 Å². The summed E-state index contributed by atoms with van der Waals surface area (Å²) in [5.74, 6) is -2.37. The third kappa shape index (κ3) is 4.90. The number of nitrogens with zero attached hydrogens (tertiary/aromatic N) is 1. The van der Waals surface area contributed by atoms with Gasteiger partial charge in [0.25, 0.3) is 5.91 Å². The SMILES string of the molecule is Cn1c(C(=O)NC(CCS(C)(=O)=O)C(=O)O)cc(Cl)c1Cl. The molecule has 1 rings (SSSR count). The van der Waals surface area contributed by atoms with Gasteiger partial charge in [-0.25, -0.2) is 13.2 Å². The smallest absolute Gasteiger partial charge is 0.326 e. The molecular weight excluding hydrogens is 343 g/mol. The second kappa shape index (κ2) is 6.67. The number of aromatic nitrogens is 1. The van der Waals surface area contributed by atoms with Gasteiger partial charge in [0.2, 0.25) is 0 Å². The largest absolute Gasteiger partial charge is 0.480 e. The average Bonchev–Trinajstić information content (AvgIpc) is 2.60. The van der Waals surface area contributed by atoms with E-state index in [1.54, 1.807) is 0 Å². The Bertz CT molecular complexity index is 668. The van der Waals surface area contributed by atoms with E-state index in [1.165, 1.54) is 17.7 Å². The number of carbonyl (C=O) groups is 2. The van der Waals surface area contributed by atoms with Crippen LogP contribution in [0.25, 0.3) is 0 Å². The maximum Gasteiger partial charge on any atom is 0.326 e. The first-order valence-electron chi connectivity index (χ1n) is 5.75. The molecule has 0 bridgehead atoms. The number of carboxylic acids is 1. The highest BCUT2D eigenvalue weighted by molar-refractivity contribution is 7.90. The van der Waals surface area contributed by atoms with Crippen molar-refractivity contribution in [3.8, 4) is 0 Å². The first-order valence-corrected chi connectivity index (χ1v) is 8.56. The quantitative estimate of drug-likeness (QED) is 0.789. The summed E-state index contributed by atoms with van der Waals surface area (Å²) < 4.78 is 23.4. The number of nitrogens with one attached hydrogen (secondary N) is 1. The Morgan fingerprint density at radius 3 is 2.38 bits per heavy atom.